The summed E-state index contributed by atoms with van der Waals surface area (Å²) in [5.41, 5.74) is 0. The Labute approximate surface area is 112 Å². The topological polar surface area (TPSA) is 60.9 Å². The first-order valence-electron chi connectivity index (χ1n) is 6.45. The van der Waals surface area contributed by atoms with Crippen molar-refractivity contribution in [2.45, 2.75) is 25.9 Å². The van der Waals surface area contributed by atoms with Crippen molar-refractivity contribution >= 4 is 22.9 Å². The summed E-state index contributed by atoms with van der Waals surface area (Å²) in [5, 5.41) is 9.84. The molecule has 0 aromatic rings. The minimum atomic E-state index is -0.410. The van der Waals surface area contributed by atoms with Gasteiger partial charge in [0.1, 0.15) is 0 Å². The Morgan fingerprint density at radius 1 is 1.50 bits per heavy atom. The first-order chi connectivity index (χ1) is 8.58. The van der Waals surface area contributed by atoms with Crippen molar-refractivity contribution in [3.63, 3.8) is 0 Å². The van der Waals surface area contributed by atoms with Crippen molar-refractivity contribution in [2.75, 3.05) is 31.9 Å². The van der Waals surface area contributed by atoms with E-state index in [1.807, 2.05) is 6.92 Å². The maximum atomic E-state index is 12.0. The van der Waals surface area contributed by atoms with Crippen molar-refractivity contribution in [1.29, 1.82) is 0 Å². The average molecular weight is 272 g/mol. The minimum absolute atomic E-state index is 0.0469. The molecule has 1 N–H and O–H groups in total. The lowest BCUT2D eigenvalue weighted by Crippen LogP contribution is -2.46. The van der Waals surface area contributed by atoms with Gasteiger partial charge in [0.05, 0.1) is 6.10 Å². The Morgan fingerprint density at radius 2 is 2.28 bits per heavy atom. The number of carbonyl (C=O) groups is 2. The van der Waals surface area contributed by atoms with Gasteiger partial charge in [0, 0.05) is 38.4 Å². The smallest absolute Gasteiger partial charge is 0.281 e. The fourth-order valence-electron chi connectivity index (χ4n) is 2.29. The summed E-state index contributed by atoms with van der Waals surface area (Å²) >= 11 is 1.32. The van der Waals surface area contributed by atoms with Gasteiger partial charge in [-0.05, 0) is 12.3 Å². The molecule has 2 fully saturated rings. The quantitative estimate of drug-likeness (QED) is 0.824. The van der Waals surface area contributed by atoms with Crippen LogP contribution in [0.5, 0.6) is 0 Å². The van der Waals surface area contributed by atoms with E-state index in [0.29, 0.717) is 19.5 Å². The number of β-amino-alcohol motifs (C(OH)–C–C–N with tert-alkyl or cyclic N) is 1. The zero-order chi connectivity index (χ0) is 13.1. The van der Waals surface area contributed by atoms with Crippen molar-refractivity contribution < 1.29 is 14.7 Å². The Kier molecular flexibility index (Phi) is 4.50. The van der Waals surface area contributed by atoms with Gasteiger partial charge < -0.3 is 14.9 Å². The van der Waals surface area contributed by atoms with Crippen LogP contribution >= 0.6 is 11.8 Å². The molecule has 0 aromatic carbocycles. The van der Waals surface area contributed by atoms with E-state index in [1.54, 1.807) is 9.80 Å². The first-order valence-corrected chi connectivity index (χ1v) is 7.44. The number of piperidine rings is 1. The molecule has 2 amide bonds. The second kappa shape index (κ2) is 5.93. The van der Waals surface area contributed by atoms with Gasteiger partial charge in [-0.15, -0.1) is 0 Å². The number of aliphatic hydroxyl groups excluding tert-OH is 1. The van der Waals surface area contributed by atoms with Gasteiger partial charge in [-0.2, -0.15) is 0 Å². The Morgan fingerprint density at radius 3 is 2.89 bits per heavy atom. The fraction of sp³-hybridized carbons (Fsp3) is 0.833. The van der Waals surface area contributed by atoms with Gasteiger partial charge in [-0.1, -0.05) is 18.7 Å². The number of hydrogen-bond donors (Lipinski definition) is 1. The summed E-state index contributed by atoms with van der Waals surface area (Å²) in [4.78, 5) is 26.8. The summed E-state index contributed by atoms with van der Waals surface area (Å²) in [5.74, 6) is 1.14. The van der Waals surface area contributed by atoms with Gasteiger partial charge >= 0.3 is 0 Å². The van der Waals surface area contributed by atoms with Crippen LogP contribution < -0.4 is 0 Å². The van der Waals surface area contributed by atoms with Crippen LogP contribution in [0.2, 0.25) is 0 Å². The van der Waals surface area contributed by atoms with Gasteiger partial charge in [-0.25, -0.2) is 0 Å². The van der Waals surface area contributed by atoms with E-state index in [2.05, 4.69) is 0 Å². The molecule has 2 rings (SSSR count). The maximum absolute atomic E-state index is 12.0. The number of nitrogens with zero attached hydrogens (tertiary/aromatic N) is 2. The monoisotopic (exact) mass is 272 g/mol. The lowest BCUT2D eigenvalue weighted by atomic mass is 9.96. The molecule has 0 aliphatic carbocycles. The van der Waals surface area contributed by atoms with Crippen LogP contribution in [0.4, 0.5) is 4.79 Å². The van der Waals surface area contributed by atoms with Gasteiger partial charge in [-0.3, -0.25) is 9.59 Å². The highest BCUT2D eigenvalue weighted by atomic mass is 32.2. The summed E-state index contributed by atoms with van der Waals surface area (Å²) in [7, 11) is 0. The molecule has 2 aliphatic heterocycles. The third-order valence-corrected chi connectivity index (χ3v) is 4.60. The summed E-state index contributed by atoms with van der Waals surface area (Å²) in [6, 6.07) is 0. The molecule has 18 heavy (non-hydrogen) atoms. The third kappa shape index (κ3) is 3.17. The van der Waals surface area contributed by atoms with Gasteiger partial charge in [0.2, 0.25) is 5.91 Å². The van der Waals surface area contributed by atoms with Crippen LogP contribution in [0.15, 0.2) is 0 Å². The lowest BCUT2D eigenvalue weighted by Gasteiger charge is -2.34. The molecule has 0 aromatic heterocycles. The molecule has 0 radical (unpaired) electrons. The van der Waals surface area contributed by atoms with E-state index in [1.165, 1.54) is 11.8 Å². The molecular formula is C12H20N2O3S. The molecule has 0 saturated carbocycles. The standard InChI is InChI=1S/C12H20N2O3S/c1-9-2-4-14(8-10(9)15)11(16)3-5-13-6-7-18-12(13)17/h9-10,15H,2-8H2,1H3. The van der Waals surface area contributed by atoms with E-state index < -0.39 is 6.10 Å². The van der Waals surface area contributed by atoms with Crippen molar-refractivity contribution in [1.82, 2.24) is 9.80 Å². The predicted molar refractivity (Wildman–Crippen MR) is 70.4 cm³/mol. The van der Waals surface area contributed by atoms with Crippen molar-refractivity contribution in [3.05, 3.63) is 0 Å². The molecular weight excluding hydrogens is 252 g/mol. The second-order valence-corrected chi connectivity index (χ2v) is 6.07. The van der Waals surface area contributed by atoms with E-state index in [4.69, 9.17) is 0 Å². The summed E-state index contributed by atoms with van der Waals surface area (Å²) in [6.45, 7) is 4.41. The molecule has 2 saturated heterocycles. The highest BCUT2D eigenvalue weighted by Crippen LogP contribution is 2.19. The summed E-state index contributed by atoms with van der Waals surface area (Å²) in [6.07, 6.45) is 0.811. The third-order valence-electron chi connectivity index (χ3n) is 3.71. The van der Waals surface area contributed by atoms with Gasteiger partial charge in [0.15, 0.2) is 0 Å². The van der Waals surface area contributed by atoms with Crippen molar-refractivity contribution in [2.24, 2.45) is 5.92 Å². The zero-order valence-electron chi connectivity index (χ0n) is 10.7. The largest absolute Gasteiger partial charge is 0.391 e. The average Bonchev–Trinajstić information content (AvgIpc) is 2.75. The lowest BCUT2D eigenvalue weighted by molar-refractivity contribution is -0.135. The van der Waals surface area contributed by atoms with E-state index in [0.717, 1.165) is 25.3 Å². The van der Waals surface area contributed by atoms with Crippen LogP contribution in [0.25, 0.3) is 0 Å². The van der Waals surface area contributed by atoms with Gasteiger partial charge in [0.25, 0.3) is 5.24 Å². The molecule has 2 atom stereocenters. The van der Waals surface area contributed by atoms with Crippen LogP contribution in [0.3, 0.4) is 0 Å². The predicted octanol–water partition coefficient (Wildman–Crippen LogP) is 0.775. The van der Waals surface area contributed by atoms with Crippen LogP contribution in [-0.2, 0) is 4.79 Å². The van der Waals surface area contributed by atoms with Crippen LogP contribution in [0, 0.1) is 5.92 Å². The Bertz CT molecular complexity index is 337. The number of hydrogen-bond acceptors (Lipinski definition) is 4. The minimum Gasteiger partial charge on any atom is -0.391 e. The highest BCUT2D eigenvalue weighted by Gasteiger charge is 2.28. The number of aliphatic hydroxyl groups is 1. The van der Waals surface area contributed by atoms with E-state index in [-0.39, 0.29) is 17.1 Å². The zero-order valence-corrected chi connectivity index (χ0v) is 11.5. The molecule has 2 heterocycles. The summed E-state index contributed by atoms with van der Waals surface area (Å²) < 4.78 is 0. The molecule has 2 unspecified atom stereocenters. The Hall–Kier alpha value is -0.750. The molecule has 102 valence electrons. The second-order valence-electron chi connectivity index (χ2n) is 5.02. The SMILES string of the molecule is CC1CCN(C(=O)CCN2CCSC2=O)CC1O. The molecule has 0 bridgehead atoms. The molecule has 2 aliphatic rings. The normalized spacial score (nSPS) is 28.9. The number of likely N-dealkylation sites (tertiary alicyclic amines) is 1. The fourth-order valence-corrected chi connectivity index (χ4v) is 3.14. The molecule has 5 nitrogen and oxygen atoms in total. The van der Waals surface area contributed by atoms with Crippen LogP contribution in [-0.4, -0.2) is 64.1 Å². The van der Waals surface area contributed by atoms with E-state index in [9.17, 15) is 14.7 Å². The van der Waals surface area contributed by atoms with Crippen LogP contribution in [0.1, 0.15) is 19.8 Å². The molecule has 0 spiro atoms. The maximum Gasteiger partial charge on any atom is 0.281 e. The Balaban J connectivity index is 1.76. The highest BCUT2D eigenvalue weighted by molar-refractivity contribution is 8.13. The number of thioether (sulfide) groups is 1. The molecule has 6 heteroatoms. The first kappa shape index (κ1) is 13.7. The number of carbonyl (C=O) groups excluding carboxylic acids is 2. The van der Waals surface area contributed by atoms with Crippen molar-refractivity contribution in [3.8, 4) is 0 Å². The number of rotatable bonds is 3. The van der Waals surface area contributed by atoms with E-state index >= 15 is 0 Å². The number of amides is 2.